The summed E-state index contributed by atoms with van der Waals surface area (Å²) in [7, 11) is -1.90. The van der Waals surface area contributed by atoms with Crippen LogP contribution < -0.4 is 5.73 Å². The van der Waals surface area contributed by atoms with Crippen LogP contribution in [0.1, 0.15) is 25.7 Å². The summed E-state index contributed by atoms with van der Waals surface area (Å²) in [5.41, 5.74) is 6.00. The molecule has 6 nitrogen and oxygen atoms in total. The molecule has 0 bridgehead atoms. The molecule has 1 aromatic rings. The Kier molecular flexibility index (Phi) is 3.50. The second kappa shape index (κ2) is 4.75. The molecule has 2 unspecified atom stereocenters. The van der Waals surface area contributed by atoms with Gasteiger partial charge in [-0.1, -0.05) is 12.8 Å². The molecule has 96 valence electrons. The third kappa shape index (κ3) is 2.36. The lowest BCUT2D eigenvalue weighted by Gasteiger charge is -2.34. The number of H-pyrrole nitrogens is 1. The third-order valence-electron chi connectivity index (χ3n) is 3.38. The highest BCUT2D eigenvalue weighted by atomic mass is 32.2. The minimum Gasteiger partial charge on any atom is -0.335 e. The highest BCUT2D eigenvalue weighted by molar-refractivity contribution is 7.89. The van der Waals surface area contributed by atoms with E-state index in [2.05, 4.69) is 9.97 Å². The Labute approximate surface area is 101 Å². The summed E-state index contributed by atoms with van der Waals surface area (Å²) in [5.74, 6) is 0. The van der Waals surface area contributed by atoms with Crippen LogP contribution in [0.25, 0.3) is 0 Å². The Hall–Kier alpha value is -0.920. The van der Waals surface area contributed by atoms with Gasteiger partial charge in [0.1, 0.15) is 0 Å². The van der Waals surface area contributed by atoms with E-state index < -0.39 is 10.0 Å². The fourth-order valence-corrected chi connectivity index (χ4v) is 3.63. The van der Waals surface area contributed by atoms with Gasteiger partial charge >= 0.3 is 0 Å². The number of nitrogens with one attached hydrogen (secondary N) is 1. The number of nitrogens with zero attached hydrogens (tertiary/aromatic N) is 2. The van der Waals surface area contributed by atoms with Gasteiger partial charge in [0.2, 0.25) is 0 Å². The van der Waals surface area contributed by atoms with E-state index in [-0.39, 0.29) is 17.1 Å². The minimum atomic E-state index is -3.49. The molecule has 1 heterocycles. The van der Waals surface area contributed by atoms with Gasteiger partial charge in [0.05, 0.1) is 12.5 Å². The number of aromatic nitrogens is 2. The average molecular weight is 258 g/mol. The van der Waals surface area contributed by atoms with Gasteiger partial charge in [-0.15, -0.1) is 0 Å². The van der Waals surface area contributed by atoms with Gasteiger partial charge in [-0.2, -0.15) is 4.31 Å². The Morgan fingerprint density at radius 2 is 2.18 bits per heavy atom. The van der Waals surface area contributed by atoms with Gasteiger partial charge in [0, 0.05) is 19.1 Å². The zero-order chi connectivity index (χ0) is 12.5. The third-order valence-corrected chi connectivity index (χ3v) is 5.19. The van der Waals surface area contributed by atoms with Crippen molar-refractivity contribution in [3.05, 3.63) is 12.5 Å². The molecule has 0 aromatic carbocycles. The normalized spacial score (nSPS) is 26.3. The maximum atomic E-state index is 12.2. The summed E-state index contributed by atoms with van der Waals surface area (Å²) in [6.07, 6.45) is 6.50. The van der Waals surface area contributed by atoms with Crippen LogP contribution in [0.4, 0.5) is 0 Å². The molecular weight excluding hydrogens is 240 g/mol. The first-order chi connectivity index (χ1) is 8.03. The van der Waals surface area contributed by atoms with E-state index in [1.807, 2.05) is 0 Å². The zero-order valence-electron chi connectivity index (χ0n) is 9.83. The molecule has 0 radical (unpaired) electrons. The Balaban J connectivity index is 2.22. The van der Waals surface area contributed by atoms with Gasteiger partial charge < -0.3 is 10.7 Å². The van der Waals surface area contributed by atoms with Gasteiger partial charge in [-0.3, -0.25) is 0 Å². The Morgan fingerprint density at radius 1 is 1.47 bits per heavy atom. The summed E-state index contributed by atoms with van der Waals surface area (Å²) in [6.45, 7) is 0. The number of aromatic amines is 1. The monoisotopic (exact) mass is 258 g/mol. The van der Waals surface area contributed by atoms with Crippen molar-refractivity contribution >= 4 is 10.0 Å². The highest BCUT2D eigenvalue weighted by Gasteiger charge is 2.33. The molecule has 17 heavy (non-hydrogen) atoms. The molecule has 0 saturated heterocycles. The van der Waals surface area contributed by atoms with E-state index in [0.29, 0.717) is 0 Å². The van der Waals surface area contributed by atoms with E-state index in [0.717, 1.165) is 25.7 Å². The summed E-state index contributed by atoms with van der Waals surface area (Å²) in [4.78, 5) is 6.37. The van der Waals surface area contributed by atoms with E-state index in [1.165, 1.54) is 16.8 Å². The molecule has 2 atom stereocenters. The molecule has 3 N–H and O–H groups in total. The van der Waals surface area contributed by atoms with Crippen molar-refractivity contribution in [1.82, 2.24) is 14.3 Å². The average Bonchev–Trinajstić information content (AvgIpc) is 2.83. The standard InChI is InChI=1S/C10H18N4O2S/c1-14(9-5-3-2-4-8(9)11)17(15,16)10-6-12-7-13-10/h6-9H,2-5,11H2,1H3,(H,12,13). The molecule has 1 aliphatic carbocycles. The Morgan fingerprint density at radius 3 is 2.76 bits per heavy atom. The number of likely N-dealkylation sites (N-methyl/N-ethyl adjacent to an activating group) is 1. The first-order valence-electron chi connectivity index (χ1n) is 5.75. The maximum Gasteiger partial charge on any atom is 0.260 e. The molecule has 0 spiro atoms. The lowest BCUT2D eigenvalue weighted by Crippen LogP contribution is -2.50. The van der Waals surface area contributed by atoms with Gasteiger partial charge in [-0.05, 0) is 12.8 Å². The Bertz CT molecular complexity index is 457. The van der Waals surface area contributed by atoms with E-state index in [9.17, 15) is 8.42 Å². The summed E-state index contributed by atoms with van der Waals surface area (Å²) >= 11 is 0. The van der Waals surface area contributed by atoms with Crippen LogP contribution in [-0.4, -0.2) is 41.8 Å². The van der Waals surface area contributed by atoms with Crippen LogP contribution in [0, 0.1) is 0 Å². The van der Waals surface area contributed by atoms with Crippen molar-refractivity contribution in [2.24, 2.45) is 5.73 Å². The van der Waals surface area contributed by atoms with Crippen molar-refractivity contribution < 1.29 is 8.42 Å². The van der Waals surface area contributed by atoms with Crippen LogP contribution in [-0.2, 0) is 10.0 Å². The van der Waals surface area contributed by atoms with E-state index in [4.69, 9.17) is 5.73 Å². The molecule has 1 aromatic heterocycles. The molecular formula is C10H18N4O2S. The molecule has 1 aliphatic rings. The number of rotatable bonds is 3. The van der Waals surface area contributed by atoms with Gasteiger partial charge in [-0.25, -0.2) is 13.4 Å². The predicted molar refractivity (Wildman–Crippen MR) is 63.8 cm³/mol. The predicted octanol–water partition coefficient (Wildman–Crippen LogP) is 0.300. The lowest BCUT2D eigenvalue weighted by molar-refractivity contribution is 0.252. The van der Waals surface area contributed by atoms with E-state index in [1.54, 1.807) is 7.05 Å². The molecule has 1 saturated carbocycles. The topological polar surface area (TPSA) is 92.1 Å². The number of sulfonamides is 1. The number of nitrogens with two attached hydrogens (primary N) is 1. The van der Waals surface area contributed by atoms with Gasteiger partial charge in [0.15, 0.2) is 5.03 Å². The fraction of sp³-hybridized carbons (Fsp3) is 0.700. The summed E-state index contributed by atoms with van der Waals surface area (Å²) in [5, 5.41) is 0.123. The second-order valence-corrected chi connectivity index (χ2v) is 6.42. The van der Waals surface area contributed by atoms with Crippen molar-refractivity contribution in [1.29, 1.82) is 0 Å². The fourth-order valence-electron chi connectivity index (χ4n) is 2.31. The van der Waals surface area contributed by atoms with Crippen LogP contribution in [0.3, 0.4) is 0 Å². The van der Waals surface area contributed by atoms with Crippen molar-refractivity contribution in [2.75, 3.05) is 7.05 Å². The summed E-state index contributed by atoms with van der Waals surface area (Å²) in [6, 6.07) is -0.191. The largest absolute Gasteiger partial charge is 0.335 e. The van der Waals surface area contributed by atoms with Crippen LogP contribution >= 0.6 is 0 Å². The first-order valence-corrected chi connectivity index (χ1v) is 7.19. The highest BCUT2D eigenvalue weighted by Crippen LogP contribution is 2.24. The molecule has 1 fully saturated rings. The number of imidazole rings is 1. The molecule has 0 amide bonds. The van der Waals surface area contributed by atoms with Gasteiger partial charge in [0.25, 0.3) is 10.0 Å². The number of hydrogen-bond acceptors (Lipinski definition) is 4. The van der Waals surface area contributed by atoms with Crippen molar-refractivity contribution in [2.45, 2.75) is 42.8 Å². The molecule has 7 heteroatoms. The molecule has 2 rings (SSSR count). The number of hydrogen-bond donors (Lipinski definition) is 2. The lowest BCUT2D eigenvalue weighted by atomic mass is 9.91. The SMILES string of the molecule is CN(C1CCCCC1N)S(=O)(=O)c1cnc[nH]1. The molecule has 0 aliphatic heterocycles. The quantitative estimate of drug-likeness (QED) is 0.815. The van der Waals surface area contributed by atoms with Crippen LogP contribution in [0.2, 0.25) is 0 Å². The summed E-state index contributed by atoms with van der Waals surface area (Å²) < 4.78 is 25.9. The zero-order valence-corrected chi connectivity index (χ0v) is 10.7. The maximum absolute atomic E-state index is 12.2. The van der Waals surface area contributed by atoms with Crippen LogP contribution in [0.5, 0.6) is 0 Å². The second-order valence-electron chi connectivity index (χ2n) is 4.45. The van der Waals surface area contributed by atoms with Crippen LogP contribution in [0.15, 0.2) is 17.6 Å². The minimum absolute atomic E-state index is 0.0774. The van der Waals surface area contributed by atoms with Crippen molar-refractivity contribution in [3.8, 4) is 0 Å². The van der Waals surface area contributed by atoms with E-state index >= 15 is 0 Å². The van der Waals surface area contributed by atoms with Crippen molar-refractivity contribution in [3.63, 3.8) is 0 Å². The first kappa shape index (κ1) is 12.5. The smallest absolute Gasteiger partial charge is 0.260 e.